The Hall–Kier alpha value is -3.14. The van der Waals surface area contributed by atoms with Crippen molar-refractivity contribution in [3.8, 4) is 17.6 Å². The summed E-state index contributed by atoms with van der Waals surface area (Å²) in [5.41, 5.74) is 1.67. The monoisotopic (exact) mass is 479 g/mol. The van der Waals surface area contributed by atoms with Crippen molar-refractivity contribution in [3.63, 3.8) is 0 Å². The van der Waals surface area contributed by atoms with Crippen molar-refractivity contribution in [1.29, 1.82) is 0 Å². The second kappa shape index (κ2) is 9.78. The Bertz CT molecular complexity index is 1350. The van der Waals surface area contributed by atoms with E-state index in [9.17, 15) is 4.39 Å². The number of halogens is 2. The van der Waals surface area contributed by atoms with Gasteiger partial charge in [0, 0.05) is 12.1 Å². The van der Waals surface area contributed by atoms with Crippen LogP contribution in [0.2, 0.25) is 5.02 Å². The molecule has 0 aliphatic rings. The average Bonchev–Trinajstić information content (AvgIpc) is 3.16. The molecule has 2 heterocycles. The quantitative estimate of drug-likeness (QED) is 0.299. The minimum atomic E-state index is -0.297. The van der Waals surface area contributed by atoms with E-state index in [1.807, 2.05) is 12.1 Å². The second-order valence-corrected chi connectivity index (χ2v) is 10.2. The summed E-state index contributed by atoms with van der Waals surface area (Å²) >= 11 is 7.97. The number of rotatable bonds is 5. The van der Waals surface area contributed by atoms with E-state index >= 15 is 0 Å². The predicted molar refractivity (Wildman–Crippen MR) is 134 cm³/mol. The number of aromatic nitrogens is 2. The first-order valence-corrected chi connectivity index (χ1v) is 11.6. The fourth-order valence-corrected chi connectivity index (χ4v) is 4.14. The molecule has 0 fully saturated rings. The minimum Gasteiger partial charge on any atom is -0.487 e. The van der Waals surface area contributed by atoms with E-state index in [4.69, 9.17) is 16.3 Å². The van der Waals surface area contributed by atoms with Crippen LogP contribution in [0.3, 0.4) is 0 Å². The summed E-state index contributed by atoms with van der Waals surface area (Å²) in [4.78, 5) is 10.6. The Morgan fingerprint density at radius 1 is 1.12 bits per heavy atom. The molecule has 0 unspecified atom stereocenters. The number of ether oxygens (including phenoxy) is 1. The lowest BCUT2D eigenvalue weighted by Crippen LogP contribution is -2.01. The van der Waals surface area contributed by atoms with Crippen LogP contribution in [0.1, 0.15) is 37.6 Å². The molecule has 0 radical (unpaired) electrons. The highest BCUT2D eigenvalue weighted by Crippen LogP contribution is 2.33. The van der Waals surface area contributed by atoms with Gasteiger partial charge in [0.05, 0.1) is 15.3 Å². The molecule has 0 atom stereocenters. The van der Waals surface area contributed by atoms with Crippen LogP contribution in [0.5, 0.6) is 5.75 Å². The Morgan fingerprint density at radius 3 is 2.73 bits per heavy atom. The van der Waals surface area contributed by atoms with Gasteiger partial charge in [0.25, 0.3) is 0 Å². The Kier molecular flexibility index (Phi) is 6.83. The molecule has 0 amide bonds. The van der Waals surface area contributed by atoms with Crippen LogP contribution in [0.15, 0.2) is 54.9 Å². The SMILES string of the molecule is CC(C)(C)CC#Cc1cc2c(Nc3ccc(OCc4cccc(F)c4)c(Cl)c3)ncnc2s1. The Balaban J connectivity index is 1.49. The molecule has 1 N–H and O–H groups in total. The minimum absolute atomic E-state index is 0.169. The first kappa shape index (κ1) is 23.0. The maximum absolute atomic E-state index is 13.3. The molecule has 7 heteroatoms. The van der Waals surface area contributed by atoms with Crippen molar-refractivity contribution in [2.45, 2.75) is 33.8 Å². The van der Waals surface area contributed by atoms with E-state index in [0.29, 0.717) is 16.6 Å². The normalized spacial score (nSPS) is 11.2. The van der Waals surface area contributed by atoms with Gasteiger partial charge >= 0.3 is 0 Å². The number of nitrogens with one attached hydrogen (secondary N) is 1. The molecule has 0 spiro atoms. The second-order valence-electron chi connectivity index (χ2n) is 8.78. The maximum atomic E-state index is 13.3. The summed E-state index contributed by atoms with van der Waals surface area (Å²) in [6.45, 7) is 6.74. The number of benzene rings is 2. The van der Waals surface area contributed by atoms with Crippen LogP contribution >= 0.6 is 22.9 Å². The van der Waals surface area contributed by atoms with E-state index in [1.54, 1.807) is 35.6 Å². The molecular formula is C26H23ClFN3OS. The zero-order chi connectivity index (χ0) is 23.4. The van der Waals surface area contributed by atoms with Gasteiger partial charge in [-0.2, -0.15) is 0 Å². The van der Waals surface area contributed by atoms with Crippen LogP contribution in [0, 0.1) is 23.1 Å². The Morgan fingerprint density at radius 2 is 1.97 bits per heavy atom. The molecule has 0 aliphatic carbocycles. The number of anilines is 2. The molecule has 0 bridgehead atoms. The number of fused-ring (bicyclic) bond motifs is 1. The first-order chi connectivity index (χ1) is 15.8. The molecule has 33 heavy (non-hydrogen) atoms. The molecule has 4 aromatic rings. The largest absolute Gasteiger partial charge is 0.487 e. The molecule has 0 saturated heterocycles. The van der Waals surface area contributed by atoms with Gasteiger partial charge in [-0.05, 0) is 47.4 Å². The molecule has 2 aromatic carbocycles. The lowest BCUT2D eigenvalue weighted by atomic mass is 9.93. The highest BCUT2D eigenvalue weighted by Gasteiger charge is 2.11. The van der Waals surface area contributed by atoms with Crippen molar-refractivity contribution >= 4 is 44.7 Å². The van der Waals surface area contributed by atoms with E-state index in [0.717, 1.165) is 32.8 Å². The van der Waals surface area contributed by atoms with Gasteiger partial charge in [-0.25, -0.2) is 14.4 Å². The summed E-state index contributed by atoms with van der Waals surface area (Å²) in [5, 5.41) is 4.66. The Labute approximate surface area is 201 Å². The molecule has 2 aromatic heterocycles. The number of hydrogen-bond acceptors (Lipinski definition) is 5. The van der Waals surface area contributed by atoms with Gasteiger partial charge in [0.15, 0.2) is 0 Å². The van der Waals surface area contributed by atoms with Crippen molar-refractivity contribution < 1.29 is 9.13 Å². The lowest BCUT2D eigenvalue weighted by Gasteiger charge is -2.12. The zero-order valence-electron chi connectivity index (χ0n) is 18.6. The third-order valence-corrected chi connectivity index (χ3v) is 5.89. The van der Waals surface area contributed by atoms with Crippen molar-refractivity contribution in [3.05, 3.63) is 76.1 Å². The summed E-state index contributed by atoms with van der Waals surface area (Å²) in [6.07, 6.45) is 2.36. The van der Waals surface area contributed by atoms with Crippen molar-refractivity contribution in [2.75, 3.05) is 5.32 Å². The number of hydrogen-bond donors (Lipinski definition) is 1. The first-order valence-electron chi connectivity index (χ1n) is 10.4. The van der Waals surface area contributed by atoms with Crippen LogP contribution in [-0.4, -0.2) is 9.97 Å². The van der Waals surface area contributed by atoms with Crippen LogP contribution in [-0.2, 0) is 6.61 Å². The molecule has 0 saturated carbocycles. The molecule has 4 nitrogen and oxygen atoms in total. The van der Waals surface area contributed by atoms with Crippen molar-refractivity contribution in [1.82, 2.24) is 9.97 Å². The van der Waals surface area contributed by atoms with E-state index in [2.05, 4.69) is 47.9 Å². The van der Waals surface area contributed by atoms with Gasteiger partial charge in [0.2, 0.25) is 0 Å². The van der Waals surface area contributed by atoms with E-state index in [1.165, 1.54) is 18.5 Å². The molecular weight excluding hydrogens is 457 g/mol. The summed E-state index contributed by atoms with van der Waals surface area (Å²) in [6, 6.07) is 13.7. The van der Waals surface area contributed by atoms with E-state index in [-0.39, 0.29) is 17.8 Å². The maximum Gasteiger partial charge on any atom is 0.142 e. The highest BCUT2D eigenvalue weighted by molar-refractivity contribution is 7.19. The third-order valence-electron chi connectivity index (χ3n) is 4.64. The predicted octanol–water partition coefficient (Wildman–Crippen LogP) is 7.59. The summed E-state index contributed by atoms with van der Waals surface area (Å²) in [7, 11) is 0. The number of nitrogens with zero attached hydrogens (tertiary/aromatic N) is 2. The molecule has 0 aliphatic heterocycles. The molecule has 4 rings (SSSR count). The van der Waals surface area contributed by atoms with Gasteiger partial charge in [-0.1, -0.05) is 56.3 Å². The van der Waals surface area contributed by atoms with Crippen LogP contribution in [0.4, 0.5) is 15.9 Å². The van der Waals surface area contributed by atoms with E-state index < -0.39 is 0 Å². The standard InChI is InChI=1S/C26H23ClFN3OS/c1-26(2,3)11-5-8-20-14-21-24(29-16-30-25(21)33-20)31-19-9-10-23(22(27)13-19)32-15-17-6-4-7-18(28)12-17/h4,6-7,9-10,12-14,16H,11,15H2,1-3H3,(H,29,30,31). The lowest BCUT2D eigenvalue weighted by molar-refractivity contribution is 0.306. The van der Waals surface area contributed by atoms with Gasteiger partial charge in [-0.3, -0.25) is 0 Å². The highest BCUT2D eigenvalue weighted by atomic mass is 35.5. The van der Waals surface area contributed by atoms with Crippen LogP contribution in [0.25, 0.3) is 10.2 Å². The summed E-state index contributed by atoms with van der Waals surface area (Å²) < 4.78 is 19.1. The smallest absolute Gasteiger partial charge is 0.142 e. The van der Waals surface area contributed by atoms with Gasteiger partial charge in [0.1, 0.15) is 35.1 Å². The topological polar surface area (TPSA) is 47.0 Å². The number of thiophene rings is 1. The van der Waals surface area contributed by atoms with Crippen LogP contribution < -0.4 is 10.1 Å². The fraction of sp³-hybridized carbons (Fsp3) is 0.231. The van der Waals surface area contributed by atoms with Gasteiger partial charge in [-0.15, -0.1) is 11.3 Å². The van der Waals surface area contributed by atoms with Crippen molar-refractivity contribution in [2.24, 2.45) is 5.41 Å². The third kappa shape index (κ3) is 6.22. The zero-order valence-corrected chi connectivity index (χ0v) is 20.1. The van der Waals surface area contributed by atoms with Gasteiger partial charge < -0.3 is 10.1 Å². The average molecular weight is 480 g/mol. The molecule has 168 valence electrons. The summed E-state index contributed by atoms with van der Waals surface area (Å²) in [5.74, 6) is 7.40. The fourth-order valence-electron chi connectivity index (χ4n) is 3.03.